The van der Waals surface area contributed by atoms with Crippen LogP contribution < -0.4 is 5.43 Å². The number of hydrogen-bond acceptors (Lipinski definition) is 3. The van der Waals surface area contributed by atoms with Gasteiger partial charge in [0.15, 0.2) is 5.43 Å². The van der Waals surface area contributed by atoms with Crippen LogP contribution in [0.1, 0.15) is 28.1 Å². The fourth-order valence-corrected chi connectivity index (χ4v) is 8.69. The second-order valence-electron chi connectivity index (χ2n) is 15.3. The van der Waals surface area contributed by atoms with Gasteiger partial charge in [-0.15, -0.1) is 0 Å². The summed E-state index contributed by atoms with van der Waals surface area (Å²) in [7, 11) is 0. The quantitative estimate of drug-likeness (QED) is 0.190. The van der Waals surface area contributed by atoms with Gasteiger partial charge in [0.2, 0.25) is 0 Å². The Morgan fingerprint density at radius 1 is 0.439 bits per heavy atom. The molecule has 57 heavy (non-hydrogen) atoms. The number of benzene rings is 5. The minimum atomic E-state index is -0.0352. The summed E-state index contributed by atoms with van der Waals surface area (Å²) in [6.45, 7) is 6.31. The average Bonchev–Trinajstić information content (AvgIpc) is 4.06. The van der Waals surface area contributed by atoms with E-state index in [0.717, 1.165) is 93.9 Å². The minimum absolute atomic E-state index is 0.0352. The summed E-state index contributed by atoms with van der Waals surface area (Å²) in [6, 6.07) is 48.6. The summed E-state index contributed by atoms with van der Waals surface area (Å²) in [6.07, 6.45) is 4.26. The Labute approximate surface area is 328 Å². The van der Waals surface area contributed by atoms with Crippen molar-refractivity contribution in [3.63, 3.8) is 0 Å². The summed E-state index contributed by atoms with van der Waals surface area (Å²) in [5.74, 6) is 0. The van der Waals surface area contributed by atoms with E-state index in [0.29, 0.717) is 16.3 Å². The first kappa shape index (κ1) is 33.0. The van der Waals surface area contributed by atoms with Crippen molar-refractivity contribution in [2.75, 3.05) is 0 Å². The highest BCUT2D eigenvalue weighted by atomic mass is 16.1. The molecular formula is C52H36N4O. The second-order valence-corrected chi connectivity index (χ2v) is 15.3. The highest BCUT2D eigenvalue weighted by molar-refractivity contribution is 6.26. The van der Waals surface area contributed by atoms with Gasteiger partial charge in [0, 0.05) is 54.9 Å². The zero-order chi connectivity index (χ0) is 38.4. The van der Waals surface area contributed by atoms with Crippen molar-refractivity contribution in [2.24, 2.45) is 0 Å². The molecule has 0 amide bonds. The first-order chi connectivity index (χ1) is 27.9. The first-order valence-electron chi connectivity index (χ1n) is 19.4. The lowest BCUT2D eigenvalue weighted by Crippen LogP contribution is -1.96. The summed E-state index contributed by atoms with van der Waals surface area (Å²) in [5.41, 5.74) is 16.3. The molecule has 10 aromatic rings. The number of aryl methyl sites for hydroxylation is 3. The lowest BCUT2D eigenvalue weighted by atomic mass is 10.0. The van der Waals surface area contributed by atoms with E-state index in [1.165, 1.54) is 16.7 Å². The van der Waals surface area contributed by atoms with Crippen molar-refractivity contribution in [2.45, 2.75) is 20.8 Å². The molecule has 0 saturated carbocycles. The number of nitrogens with zero attached hydrogens (tertiary/aromatic N) is 2. The first-order valence-corrected chi connectivity index (χ1v) is 19.4. The van der Waals surface area contributed by atoms with E-state index >= 15 is 0 Å². The van der Waals surface area contributed by atoms with Crippen LogP contribution in [-0.4, -0.2) is 19.9 Å². The molecule has 2 N–H and O–H groups in total. The van der Waals surface area contributed by atoms with E-state index in [1.807, 2.05) is 18.2 Å². The van der Waals surface area contributed by atoms with E-state index in [2.05, 4.69) is 164 Å². The highest BCUT2D eigenvalue weighted by Crippen LogP contribution is 2.39. The fourth-order valence-electron chi connectivity index (χ4n) is 8.69. The summed E-state index contributed by atoms with van der Waals surface area (Å²) < 4.78 is 0. The van der Waals surface area contributed by atoms with Gasteiger partial charge in [0.05, 0.1) is 27.8 Å². The Kier molecular flexibility index (Phi) is 7.29. The number of H-pyrrole nitrogens is 2. The number of hydrogen-bond donors (Lipinski definition) is 2. The van der Waals surface area contributed by atoms with Gasteiger partial charge in [-0.25, -0.2) is 9.97 Å². The maximum Gasteiger partial charge on any atom is 0.195 e. The van der Waals surface area contributed by atoms with Crippen molar-refractivity contribution >= 4 is 77.6 Å². The Hall–Kier alpha value is -7.37. The lowest BCUT2D eigenvalue weighted by Gasteiger charge is -2.07. The Bertz CT molecular complexity index is 3480. The van der Waals surface area contributed by atoms with Crippen LogP contribution in [0.25, 0.3) is 111 Å². The molecule has 0 spiro atoms. The molecule has 270 valence electrons. The maximum absolute atomic E-state index is 14.9. The molecule has 11 rings (SSSR count). The van der Waals surface area contributed by atoms with E-state index in [4.69, 9.17) is 9.97 Å². The lowest BCUT2D eigenvalue weighted by molar-refractivity contribution is 1.31. The van der Waals surface area contributed by atoms with Crippen molar-refractivity contribution in [3.8, 4) is 33.4 Å². The topological polar surface area (TPSA) is 74.4 Å². The Morgan fingerprint density at radius 3 is 1.47 bits per heavy atom. The molecule has 1 aliphatic rings. The van der Waals surface area contributed by atoms with E-state index in [1.54, 1.807) is 0 Å². The molecule has 1 aliphatic heterocycles. The molecule has 4 aromatic heterocycles. The van der Waals surface area contributed by atoms with Gasteiger partial charge in [0.25, 0.3) is 0 Å². The summed E-state index contributed by atoms with van der Waals surface area (Å²) >= 11 is 0. The normalized spacial score (nSPS) is 12.1. The van der Waals surface area contributed by atoms with E-state index < -0.39 is 0 Å². The van der Waals surface area contributed by atoms with Crippen LogP contribution in [0.3, 0.4) is 0 Å². The predicted molar refractivity (Wildman–Crippen MR) is 239 cm³/mol. The van der Waals surface area contributed by atoms with Crippen LogP contribution in [-0.2, 0) is 0 Å². The van der Waals surface area contributed by atoms with E-state index in [-0.39, 0.29) is 5.43 Å². The fraction of sp³-hybridized carbons (Fsp3) is 0.0577. The van der Waals surface area contributed by atoms with Gasteiger partial charge in [0.1, 0.15) is 0 Å². The molecule has 0 atom stereocenters. The molecule has 0 fully saturated rings. The molecule has 6 aromatic carbocycles. The van der Waals surface area contributed by atoms with Gasteiger partial charge in [-0.3, -0.25) is 4.79 Å². The third-order valence-electron chi connectivity index (χ3n) is 11.5. The molecule has 0 aliphatic carbocycles. The highest BCUT2D eigenvalue weighted by Gasteiger charge is 2.20. The largest absolute Gasteiger partial charge is 0.354 e. The van der Waals surface area contributed by atoms with Crippen LogP contribution in [0.15, 0.2) is 144 Å². The van der Waals surface area contributed by atoms with Crippen LogP contribution >= 0.6 is 0 Å². The minimum Gasteiger partial charge on any atom is -0.354 e. The zero-order valence-corrected chi connectivity index (χ0v) is 31.7. The third-order valence-corrected chi connectivity index (χ3v) is 11.5. The molecule has 5 nitrogen and oxygen atoms in total. The molecule has 0 radical (unpaired) electrons. The number of aromatic amines is 2. The van der Waals surface area contributed by atoms with Crippen LogP contribution in [0.4, 0.5) is 0 Å². The summed E-state index contributed by atoms with van der Waals surface area (Å²) in [4.78, 5) is 33.5. The Balaban J connectivity index is 1.41. The van der Waals surface area contributed by atoms with Gasteiger partial charge < -0.3 is 9.97 Å². The van der Waals surface area contributed by atoms with Crippen molar-refractivity contribution in [1.29, 1.82) is 0 Å². The molecule has 0 saturated heterocycles. The monoisotopic (exact) mass is 732 g/mol. The van der Waals surface area contributed by atoms with Crippen molar-refractivity contribution < 1.29 is 0 Å². The van der Waals surface area contributed by atoms with Crippen LogP contribution in [0.5, 0.6) is 0 Å². The number of nitrogens with one attached hydrogen (secondary N) is 2. The standard InChI is InChI=1S/C52H36N4O/c1-29-10-16-33(17-11-29)47-39-22-23-40(53-39)48(34-18-12-30(2)13-19-34)42-26-27-44(55-42)50-36-8-4-6-32-7-5-9-37(46(32)36)52(57)38-28-45(56-51(38)50)49(43-25-24-41(47)54-43)35-20-14-31(3)15-21-35/h4-28,54-55H,1-3H3. The van der Waals surface area contributed by atoms with Crippen molar-refractivity contribution in [1.82, 2.24) is 19.9 Å². The number of fused-ring (bicyclic) bond motifs is 9. The van der Waals surface area contributed by atoms with E-state index in [9.17, 15) is 4.79 Å². The van der Waals surface area contributed by atoms with Gasteiger partial charge in [-0.05, 0) is 90.7 Å². The Morgan fingerprint density at radius 2 is 0.912 bits per heavy atom. The molecule has 0 unspecified atom stereocenters. The van der Waals surface area contributed by atoms with Gasteiger partial charge >= 0.3 is 0 Å². The maximum atomic E-state index is 14.9. The van der Waals surface area contributed by atoms with Crippen LogP contribution in [0.2, 0.25) is 0 Å². The van der Waals surface area contributed by atoms with Gasteiger partial charge in [-0.2, -0.15) is 0 Å². The molecular weight excluding hydrogens is 697 g/mol. The molecule has 5 heteroatoms. The zero-order valence-electron chi connectivity index (χ0n) is 31.7. The summed E-state index contributed by atoms with van der Waals surface area (Å²) in [5, 5.41) is 5.07. The molecule has 5 heterocycles. The smallest absolute Gasteiger partial charge is 0.195 e. The third kappa shape index (κ3) is 5.27. The molecule has 8 bridgehead atoms. The van der Waals surface area contributed by atoms with Gasteiger partial charge in [-0.1, -0.05) is 126 Å². The second kappa shape index (κ2) is 12.6. The van der Waals surface area contributed by atoms with Crippen molar-refractivity contribution in [3.05, 3.63) is 178 Å². The SMILES string of the molecule is Cc1ccc(-c2c3nc(c(-c4ccc(C)cc4)c4ccc([nH]4)c4c5cccc6cccc(c(=O)c7cc(nc74)c(-c4ccc(C)cc4)c4ccc2[nH]4)c65)C=C3)cc1. The predicted octanol–water partition coefficient (Wildman–Crippen LogP) is 12.9. The number of aromatic nitrogens is 4. The van der Waals surface area contributed by atoms with Crippen LogP contribution in [0, 0.1) is 20.8 Å². The average molecular weight is 733 g/mol. The number of rotatable bonds is 3.